The Morgan fingerprint density at radius 1 is 0.629 bits per heavy atom. The molecule has 194 valence electrons. The molecule has 2 aromatic rings. The fourth-order valence-corrected chi connectivity index (χ4v) is 4.31. The maximum absolute atomic E-state index is 13.2. The first-order valence-electron chi connectivity index (χ1n) is 12.7. The highest BCUT2D eigenvalue weighted by molar-refractivity contribution is 5.95. The summed E-state index contributed by atoms with van der Waals surface area (Å²) in [5.41, 5.74) is 4.09. The molecule has 0 bridgehead atoms. The average Bonchev–Trinajstić information content (AvgIpc) is 2.65. The Labute approximate surface area is 213 Å². The highest BCUT2D eigenvalue weighted by Gasteiger charge is 2.28. The number of hydrogen-bond acceptors (Lipinski definition) is 3. The van der Waals surface area contributed by atoms with E-state index in [2.05, 4.69) is 59.0 Å². The number of hydrogen-bond donors (Lipinski definition) is 3. The van der Waals surface area contributed by atoms with Gasteiger partial charge in [0.1, 0.15) is 11.5 Å². The summed E-state index contributed by atoms with van der Waals surface area (Å²) in [5.74, 6) is 0.494. The molecule has 0 aliphatic heterocycles. The second-order valence-electron chi connectivity index (χ2n) is 14.0. The van der Waals surface area contributed by atoms with Crippen molar-refractivity contribution in [2.24, 2.45) is 0 Å². The number of amides is 1. The zero-order valence-electron chi connectivity index (χ0n) is 24.0. The summed E-state index contributed by atoms with van der Waals surface area (Å²) in [4.78, 5) is 13.2. The molecule has 1 amide bonds. The van der Waals surface area contributed by atoms with Gasteiger partial charge in [-0.1, -0.05) is 95.2 Å². The Balaban J connectivity index is 2.35. The van der Waals surface area contributed by atoms with Gasteiger partial charge in [0.15, 0.2) is 0 Å². The minimum Gasteiger partial charge on any atom is -0.507 e. The normalized spacial score (nSPS) is 13.1. The molecule has 4 nitrogen and oxygen atoms in total. The SMILES string of the molecule is CC(C)(C)c1cc(CCNC(=O)c2cc(C(C)(C)C)c(O)c(C(C)(C)C)c2)cc(C(C)(C)C)c1O. The lowest BCUT2D eigenvalue weighted by molar-refractivity contribution is 0.0953. The Morgan fingerprint density at radius 3 is 1.26 bits per heavy atom. The Bertz CT molecular complexity index is 1010. The van der Waals surface area contributed by atoms with Crippen LogP contribution in [0.2, 0.25) is 0 Å². The highest BCUT2D eigenvalue weighted by Crippen LogP contribution is 2.41. The quantitative estimate of drug-likeness (QED) is 0.430. The number of nitrogens with one attached hydrogen (secondary N) is 1. The van der Waals surface area contributed by atoms with Crippen LogP contribution in [0.3, 0.4) is 0 Å². The lowest BCUT2D eigenvalue weighted by atomic mass is 9.78. The molecule has 0 atom stereocenters. The van der Waals surface area contributed by atoms with E-state index in [4.69, 9.17) is 0 Å². The number of carbonyl (C=O) groups is 1. The molecule has 0 saturated heterocycles. The van der Waals surface area contributed by atoms with Gasteiger partial charge in [0.2, 0.25) is 0 Å². The van der Waals surface area contributed by atoms with Gasteiger partial charge in [0.25, 0.3) is 5.91 Å². The smallest absolute Gasteiger partial charge is 0.251 e. The third-order valence-electron chi connectivity index (χ3n) is 6.47. The van der Waals surface area contributed by atoms with Crippen LogP contribution in [0.4, 0.5) is 0 Å². The molecule has 0 saturated carbocycles. The van der Waals surface area contributed by atoms with Gasteiger partial charge in [-0.15, -0.1) is 0 Å². The van der Waals surface area contributed by atoms with E-state index in [1.54, 1.807) is 0 Å². The van der Waals surface area contributed by atoms with Crippen molar-refractivity contribution in [3.05, 3.63) is 57.6 Å². The molecule has 35 heavy (non-hydrogen) atoms. The lowest BCUT2D eigenvalue weighted by Crippen LogP contribution is -2.27. The number of aromatic hydroxyl groups is 2. The molecule has 4 heteroatoms. The molecular formula is C31H47NO3. The van der Waals surface area contributed by atoms with Crippen LogP contribution in [-0.4, -0.2) is 22.7 Å². The minimum atomic E-state index is -0.293. The standard InChI is InChI=1S/C31H47NO3/c1-28(2,3)21-15-19(16-22(25(21)33)29(4,5)6)13-14-32-27(35)20-17-23(30(7,8)9)26(34)24(18-20)31(10,11)12/h15-18,33-34H,13-14H2,1-12H3,(H,32,35). The van der Waals surface area contributed by atoms with E-state index in [1.807, 2.05) is 53.7 Å². The first-order chi connectivity index (χ1) is 15.6. The molecule has 0 unspecified atom stereocenters. The van der Waals surface area contributed by atoms with Crippen LogP contribution in [0.15, 0.2) is 24.3 Å². The van der Waals surface area contributed by atoms with Crippen LogP contribution in [0.1, 0.15) is 121 Å². The molecule has 0 aromatic heterocycles. The minimum absolute atomic E-state index is 0.146. The predicted molar refractivity (Wildman–Crippen MR) is 147 cm³/mol. The molecule has 0 fully saturated rings. The van der Waals surface area contributed by atoms with Crippen LogP contribution in [0.25, 0.3) is 0 Å². The fraction of sp³-hybridized carbons (Fsp3) is 0.581. The van der Waals surface area contributed by atoms with Gasteiger partial charge in [-0.3, -0.25) is 4.79 Å². The molecule has 3 N–H and O–H groups in total. The number of phenols is 2. The van der Waals surface area contributed by atoms with Gasteiger partial charge in [-0.2, -0.15) is 0 Å². The van der Waals surface area contributed by atoms with Crippen LogP contribution in [0.5, 0.6) is 11.5 Å². The summed E-state index contributed by atoms with van der Waals surface area (Å²) < 4.78 is 0. The molecular weight excluding hydrogens is 434 g/mol. The van der Waals surface area contributed by atoms with Crippen molar-refractivity contribution in [3.63, 3.8) is 0 Å². The van der Waals surface area contributed by atoms with E-state index < -0.39 is 0 Å². The second-order valence-corrected chi connectivity index (χ2v) is 14.0. The van der Waals surface area contributed by atoms with Crippen molar-refractivity contribution >= 4 is 5.91 Å². The van der Waals surface area contributed by atoms with E-state index in [9.17, 15) is 15.0 Å². The van der Waals surface area contributed by atoms with E-state index in [1.165, 1.54) is 0 Å². The lowest BCUT2D eigenvalue weighted by Gasteiger charge is -2.28. The second kappa shape index (κ2) is 9.52. The molecule has 2 rings (SSSR count). The highest BCUT2D eigenvalue weighted by atomic mass is 16.3. The number of phenolic OH excluding ortho intramolecular Hbond substituents is 2. The van der Waals surface area contributed by atoms with E-state index in [0.717, 1.165) is 27.8 Å². The number of rotatable bonds is 4. The van der Waals surface area contributed by atoms with Gasteiger partial charge < -0.3 is 15.5 Å². The summed E-state index contributed by atoms with van der Waals surface area (Å²) in [5, 5.41) is 25.0. The Morgan fingerprint density at radius 2 is 0.943 bits per heavy atom. The first-order valence-corrected chi connectivity index (χ1v) is 12.7. The van der Waals surface area contributed by atoms with Crippen LogP contribution >= 0.6 is 0 Å². The monoisotopic (exact) mass is 481 g/mol. The third-order valence-corrected chi connectivity index (χ3v) is 6.47. The first kappa shape index (κ1) is 28.7. The van der Waals surface area contributed by atoms with E-state index in [0.29, 0.717) is 24.3 Å². The fourth-order valence-electron chi connectivity index (χ4n) is 4.31. The van der Waals surface area contributed by atoms with Crippen LogP contribution in [0, 0.1) is 0 Å². The summed E-state index contributed by atoms with van der Waals surface area (Å²) >= 11 is 0. The average molecular weight is 482 g/mol. The van der Waals surface area contributed by atoms with Crippen molar-refractivity contribution in [2.45, 2.75) is 111 Å². The largest absolute Gasteiger partial charge is 0.507 e. The molecule has 0 heterocycles. The van der Waals surface area contributed by atoms with E-state index in [-0.39, 0.29) is 33.3 Å². The molecule has 0 aliphatic carbocycles. The van der Waals surface area contributed by atoms with Crippen molar-refractivity contribution < 1.29 is 15.0 Å². The van der Waals surface area contributed by atoms with Crippen molar-refractivity contribution in [1.29, 1.82) is 0 Å². The topological polar surface area (TPSA) is 69.6 Å². The number of carbonyl (C=O) groups excluding carboxylic acids is 1. The van der Waals surface area contributed by atoms with E-state index >= 15 is 0 Å². The Hall–Kier alpha value is -2.49. The van der Waals surface area contributed by atoms with Crippen molar-refractivity contribution in [2.75, 3.05) is 6.54 Å². The molecule has 0 radical (unpaired) electrons. The zero-order chi connectivity index (χ0) is 27.1. The van der Waals surface area contributed by atoms with Crippen LogP contribution in [-0.2, 0) is 28.1 Å². The zero-order valence-corrected chi connectivity index (χ0v) is 24.0. The van der Waals surface area contributed by atoms with Gasteiger partial charge in [-0.05, 0) is 56.9 Å². The van der Waals surface area contributed by atoms with Gasteiger partial charge in [0, 0.05) is 23.2 Å². The molecule has 0 aliphatic rings. The summed E-state index contributed by atoms with van der Waals surface area (Å²) in [7, 11) is 0. The molecule has 0 spiro atoms. The summed E-state index contributed by atoms with van der Waals surface area (Å²) in [6.45, 7) is 25.3. The van der Waals surface area contributed by atoms with Gasteiger partial charge >= 0.3 is 0 Å². The van der Waals surface area contributed by atoms with Crippen molar-refractivity contribution in [3.8, 4) is 11.5 Å². The summed E-state index contributed by atoms with van der Waals surface area (Å²) in [6.07, 6.45) is 0.661. The Kier molecular flexibility index (Phi) is 7.82. The summed E-state index contributed by atoms with van der Waals surface area (Å²) in [6, 6.07) is 7.76. The van der Waals surface area contributed by atoms with Gasteiger partial charge in [-0.25, -0.2) is 0 Å². The molecule has 2 aromatic carbocycles. The predicted octanol–water partition coefficient (Wildman–Crippen LogP) is 7.26. The number of benzene rings is 2. The maximum atomic E-state index is 13.2. The van der Waals surface area contributed by atoms with Gasteiger partial charge in [0.05, 0.1) is 0 Å². The van der Waals surface area contributed by atoms with Crippen LogP contribution < -0.4 is 5.32 Å². The van der Waals surface area contributed by atoms with Crippen molar-refractivity contribution in [1.82, 2.24) is 5.32 Å². The third kappa shape index (κ3) is 6.80. The maximum Gasteiger partial charge on any atom is 0.251 e.